The molecule has 134 valence electrons. The standard InChI is InChI=1S/C18H18ClNO3S.ClH/c1-21-17-9-13(10-20-11-14-4-2-6-22-14)8-16(19)18(17)23-12-15-5-3-7-24-15;/h2-9,20H,10-12H2,1H3;1H. The molecule has 0 unspecified atom stereocenters. The van der Waals surface area contributed by atoms with Crippen molar-refractivity contribution in [2.75, 3.05) is 7.11 Å². The number of nitrogens with one attached hydrogen (secondary N) is 1. The SMILES string of the molecule is COc1cc(CNCc2ccco2)cc(Cl)c1OCc1cccs1.Cl. The highest BCUT2D eigenvalue weighted by Gasteiger charge is 2.12. The molecule has 0 saturated carbocycles. The fourth-order valence-corrected chi connectivity index (χ4v) is 3.20. The van der Waals surface area contributed by atoms with Crippen molar-refractivity contribution in [1.82, 2.24) is 5.32 Å². The van der Waals surface area contributed by atoms with Crippen LogP contribution in [0.3, 0.4) is 0 Å². The summed E-state index contributed by atoms with van der Waals surface area (Å²) in [6.07, 6.45) is 1.66. The normalized spacial score (nSPS) is 10.3. The van der Waals surface area contributed by atoms with Gasteiger partial charge in [0.1, 0.15) is 12.4 Å². The Morgan fingerprint density at radius 1 is 1.20 bits per heavy atom. The number of ether oxygens (including phenoxy) is 2. The van der Waals surface area contributed by atoms with Crippen LogP contribution in [-0.4, -0.2) is 7.11 Å². The Bertz CT molecular complexity index is 761. The first-order valence-corrected chi connectivity index (χ1v) is 8.76. The van der Waals surface area contributed by atoms with E-state index in [0.717, 1.165) is 16.2 Å². The van der Waals surface area contributed by atoms with Gasteiger partial charge in [-0.05, 0) is 41.3 Å². The molecule has 0 aliphatic heterocycles. The monoisotopic (exact) mass is 399 g/mol. The summed E-state index contributed by atoms with van der Waals surface area (Å²) < 4.78 is 16.6. The van der Waals surface area contributed by atoms with Crippen LogP contribution in [0.5, 0.6) is 11.5 Å². The number of halogens is 2. The minimum absolute atomic E-state index is 0. The van der Waals surface area contributed by atoms with Gasteiger partial charge in [0.15, 0.2) is 11.5 Å². The van der Waals surface area contributed by atoms with Gasteiger partial charge < -0.3 is 19.2 Å². The minimum atomic E-state index is 0. The molecule has 2 aromatic heterocycles. The summed E-state index contributed by atoms with van der Waals surface area (Å²) in [5.74, 6) is 2.10. The first-order chi connectivity index (χ1) is 11.8. The van der Waals surface area contributed by atoms with E-state index in [1.54, 1.807) is 24.7 Å². The van der Waals surface area contributed by atoms with Crippen LogP contribution in [-0.2, 0) is 19.7 Å². The van der Waals surface area contributed by atoms with Gasteiger partial charge in [0.25, 0.3) is 0 Å². The Morgan fingerprint density at radius 3 is 2.76 bits per heavy atom. The number of furan rings is 1. The molecule has 1 aromatic carbocycles. The predicted octanol–water partition coefficient (Wildman–Crippen LogP) is 5.29. The second-order valence-electron chi connectivity index (χ2n) is 5.16. The third kappa shape index (κ3) is 5.41. The molecule has 2 heterocycles. The molecular formula is C18H19Cl2NO3S. The Morgan fingerprint density at radius 2 is 2.08 bits per heavy atom. The van der Waals surface area contributed by atoms with Gasteiger partial charge >= 0.3 is 0 Å². The van der Waals surface area contributed by atoms with Crippen molar-refractivity contribution in [3.8, 4) is 11.5 Å². The summed E-state index contributed by atoms with van der Waals surface area (Å²) >= 11 is 8.03. The van der Waals surface area contributed by atoms with Crippen LogP contribution in [0.15, 0.2) is 52.5 Å². The van der Waals surface area contributed by atoms with Crippen molar-refractivity contribution >= 4 is 35.3 Å². The summed E-state index contributed by atoms with van der Waals surface area (Å²) in [6.45, 7) is 1.79. The highest BCUT2D eigenvalue weighted by atomic mass is 35.5. The number of hydrogen-bond acceptors (Lipinski definition) is 5. The molecule has 0 radical (unpaired) electrons. The average molecular weight is 400 g/mol. The summed E-state index contributed by atoms with van der Waals surface area (Å²) in [5.41, 5.74) is 1.02. The van der Waals surface area contributed by atoms with Gasteiger partial charge in [-0.25, -0.2) is 0 Å². The zero-order chi connectivity index (χ0) is 16.8. The molecular weight excluding hydrogens is 381 g/mol. The van der Waals surface area contributed by atoms with E-state index in [1.165, 1.54) is 0 Å². The van der Waals surface area contributed by atoms with Crippen LogP contribution >= 0.6 is 35.3 Å². The molecule has 0 fully saturated rings. The van der Waals surface area contributed by atoms with Crippen molar-refractivity contribution in [3.63, 3.8) is 0 Å². The second-order valence-corrected chi connectivity index (χ2v) is 6.60. The first-order valence-electron chi connectivity index (χ1n) is 7.51. The number of methoxy groups -OCH3 is 1. The van der Waals surface area contributed by atoms with Crippen LogP contribution in [0, 0.1) is 0 Å². The maximum atomic E-state index is 6.38. The van der Waals surface area contributed by atoms with Crippen LogP contribution in [0.2, 0.25) is 5.02 Å². The lowest BCUT2D eigenvalue weighted by molar-refractivity contribution is 0.287. The zero-order valence-electron chi connectivity index (χ0n) is 13.7. The topological polar surface area (TPSA) is 43.6 Å². The molecule has 0 saturated heterocycles. The van der Waals surface area contributed by atoms with Gasteiger partial charge in [-0.15, -0.1) is 23.7 Å². The molecule has 0 spiro atoms. The second kappa shape index (κ2) is 9.73. The van der Waals surface area contributed by atoms with Crippen molar-refractivity contribution in [1.29, 1.82) is 0 Å². The molecule has 0 bridgehead atoms. The highest BCUT2D eigenvalue weighted by Crippen LogP contribution is 2.37. The van der Waals surface area contributed by atoms with Crippen LogP contribution in [0.1, 0.15) is 16.2 Å². The number of benzene rings is 1. The summed E-state index contributed by atoms with van der Waals surface area (Å²) in [7, 11) is 1.61. The van der Waals surface area contributed by atoms with Crippen molar-refractivity contribution in [2.45, 2.75) is 19.7 Å². The quantitative estimate of drug-likeness (QED) is 0.558. The minimum Gasteiger partial charge on any atom is -0.493 e. The van der Waals surface area contributed by atoms with Crippen LogP contribution < -0.4 is 14.8 Å². The highest BCUT2D eigenvalue weighted by molar-refractivity contribution is 7.09. The van der Waals surface area contributed by atoms with Crippen LogP contribution in [0.25, 0.3) is 0 Å². The molecule has 3 aromatic rings. The largest absolute Gasteiger partial charge is 0.493 e. The summed E-state index contributed by atoms with van der Waals surface area (Å²) in [4.78, 5) is 1.14. The van der Waals surface area contributed by atoms with E-state index >= 15 is 0 Å². The van der Waals surface area contributed by atoms with Gasteiger partial charge in [-0.2, -0.15) is 0 Å². The molecule has 0 aliphatic rings. The lowest BCUT2D eigenvalue weighted by Crippen LogP contribution is -2.12. The summed E-state index contributed by atoms with van der Waals surface area (Å²) in [6, 6.07) is 11.7. The zero-order valence-corrected chi connectivity index (χ0v) is 16.0. The molecule has 25 heavy (non-hydrogen) atoms. The maximum absolute atomic E-state index is 6.38. The van der Waals surface area contributed by atoms with E-state index in [0.29, 0.717) is 36.2 Å². The van der Waals surface area contributed by atoms with Crippen molar-refractivity contribution in [3.05, 3.63) is 69.3 Å². The summed E-state index contributed by atoms with van der Waals surface area (Å²) in [5, 5.41) is 5.87. The lowest BCUT2D eigenvalue weighted by Gasteiger charge is -2.14. The Kier molecular flexibility index (Phi) is 7.65. The number of rotatable bonds is 8. The van der Waals surface area contributed by atoms with Crippen LogP contribution in [0.4, 0.5) is 0 Å². The molecule has 0 amide bonds. The molecule has 1 N–H and O–H groups in total. The van der Waals surface area contributed by atoms with E-state index in [-0.39, 0.29) is 12.4 Å². The fourth-order valence-electron chi connectivity index (χ4n) is 2.30. The Labute approximate surface area is 162 Å². The average Bonchev–Trinajstić information content (AvgIpc) is 3.27. The van der Waals surface area contributed by atoms with Gasteiger partial charge in [0.2, 0.25) is 0 Å². The van der Waals surface area contributed by atoms with E-state index in [4.69, 9.17) is 25.5 Å². The van der Waals surface area contributed by atoms with Crippen molar-refractivity contribution in [2.24, 2.45) is 0 Å². The number of thiophene rings is 1. The smallest absolute Gasteiger partial charge is 0.180 e. The molecule has 4 nitrogen and oxygen atoms in total. The van der Waals surface area contributed by atoms with E-state index in [1.807, 2.05) is 41.8 Å². The van der Waals surface area contributed by atoms with Gasteiger partial charge in [0.05, 0.1) is 24.9 Å². The first kappa shape index (κ1) is 19.7. The number of hydrogen-bond donors (Lipinski definition) is 1. The molecule has 3 rings (SSSR count). The third-order valence-electron chi connectivity index (χ3n) is 3.44. The van der Waals surface area contributed by atoms with Gasteiger partial charge in [-0.3, -0.25) is 0 Å². The van der Waals surface area contributed by atoms with E-state index < -0.39 is 0 Å². The Balaban J connectivity index is 0.00000225. The molecule has 7 heteroatoms. The molecule has 0 aliphatic carbocycles. The predicted molar refractivity (Wildman–Crippen MR) is 103 cm³/mol. The van der Waals surface area contributed by atoms with E-state index in [9.17, 15) is 0 Å². The van der Waals surface area contributed by atoms with E-state index in [2.05, 4.69) is 5.32 Å². The fraction of sp³-hybridized carbons (Fsp3) is 0.222. The Hall–Kier alpha value is -1.66. The van der Waals surface area contributed by atoms with Gasteiger partial charge in [-0.1, -0.05) is 17.7 Å². The van der Waals surface area contributed by atoms with Crippen molar-refractivity contribution < 1.29 is 13.9 Å². The lowest BCUT2D eigenvalue weighted by atomic mass is 10.2. The van der Waals surface area contributed by atoms with Gasteiger partial charge in [0, 0.05) is 11.4 Å². The maximum Gasteiger partial charge on any atom is 0.180 e. The molecule has 0 atom stereocenters. The third-order valence-corrected chi connectivity index (χ3v) is 4.57.